The predicted octanol–water partition coefficient (Wildman–Crippen LogP) is 4.49. The molecule has 4 rings (SSSR count). The van der Waals surface area contributed by atoms with E-state index >= 15 is 0 Å². The molecule has 6 nitrogen and oxygen atoms in total. The molecule has 0 unspecified atom stereocenters. The first kappa shape index (κ1) is 24.8. The summed E-state index contributed by atoms with van der Waals surface area (Å²) in [6.45, 7) is 10.5. The lowest BCUT2D eigenvalue weighted by molar-refractivity contribution is 0.0643. The Labute approximate surface area is 212 Å². The van der Waals surface area contributed by atoms with Crippen molar-refractivity contribution in [3.05, 3.63) is 76.0 Å². The maximum Gasteiger partial charge on any atom is 0.255 e. The minimum absolute atomic E-state index is 0.0303. The number of aromatic nitrogens is 3. The Balaban J connectivity index is 1.63. The number of hydrogen-bond acceptors (Lipinski definition) is 5. The molecule has 1 aliphatic rings. The molecule has 0 bridgehead atoms. The molecule has 1 fully saturated rings. The summed E-state index contributed by atoms with van der Waals surface area (Å²) in [6.07, 6.45) is 4.95. The average molecular weight is 488 g/mol. The summed E-state index contributed by atoms with van der Waals surface area (Å²) in [5, 5.41) is 0.417. The van der Waals surface area contributed by atoms with Gasteiger partial charge in [-0.25, -0.2) is 9.97 Å². The Bertz CT molecular complexity index is 1250. The van der Waals surface area contributed by atoms with Gasteiger partial charge in [-0.2, -0.15) is 0 Å². The molecule has 35 heavy (non-hydrogen) atoms. The molecule has 180 valence electrons. The molecule has 1 aliphatic heterocycles. The van der Waals surface area contributed by atoms with Crippen LogP contribution in [0.1, 0.15) is 53.6 Å². The monoisotopic (exact) mass is 487 g/mol. The quantitative estimate of drug-likeness (QED) is 0.496. The van der Waals surface area contributed by atoms with Crippen LogP contribution < -0.4 is 0 Å². The first-order chi connectivity index (χ1) is 17.0. The second-order valence-electron chi connectivity index (χ2n) is 8.46. The van der Waals surface area contributed by atoms with Crippen LogP contribution in [-0.4, -0.2) is 63.4 Å². The summed E-state index contributed by atoms with van der Waals surface area (Å²) in [4.78, 5) is 30.7. The fourth-order valence-electron chi connectivity index (χ4n) is 4.16. The van der Waals surface area contributed by atoms with E-state index in [9.17, 15) is 4.79 Å². The van der Waals surface area contributed by atoms with Crippen LogP contribution in [0.15, 0.2) is 42.9 Å². The molecular formula is C28H30ClN5O. The molecule has 1 aromatic carbocycles. The van der Waals surface area contributed by atoms with Gasteiger partial charge in [-0.3, -0.25) is 9.78 Å². The Kier molecular flexibility index (Phi) is 8.12. The van der Waals surface area contributed by atoms with Crippen molar-refractivity contribution in [2.75, 3.05) is 32.7 Å². The molecule has 0 N–H and O–H groups in total. The van der Waals surface area contributed by atoms with E-state index in [1.165, 1.54) is 0 Å². The number of carbonyl (C=O) groups excluding carboxylic acids is 1. The maximum atomic E-state index is 13.1. The summed E-state index contributed by atoms with van der Waals surface area (Å²) in [7, 11) is 0. The number of piperazine rings is 1. The van der Waals surface area contributed by atoms with Crippen LogP contribution in [0.2, 0.25) is 5.02 Å². The van der Waals surface area contributed by atoms with Crippen molar-refractivity contribution < 1.29 is 4.79 Å². The number of pyridine rings is 1. The highest BCUT2D eigenvalue weighted by Gasteiger charge is 2.23. The molecule has 0 saturated carbocycles. The summed E-state index contributed by atoms with van der Waals surface area (Å²) >= 11 is 6.63. The van der Waals surface area contributed by atoms with E-state index in [0.717, 1.165) is 60.6 Å². The van der Waals surface area contributed by atoms with Crippen LogP contribution in [0, 0.1) is 11.8 Å². The van der Waals surface area contributed by atoms with Crippen molar-refractivity contribution in [3.8, 4) is 23.1 Å². The second kappa shape index (κ2) is 11.4. The van der Waals surface area contributed by atoms with Crippen molar-refractivity contribution in [1.29, 1.82) is 0 Å². The lowest BCUT2D eigenvalue weighted by atomic mass is 10.0. The van der Waals surface area contributed by atoms with Gasteiger partial charge < -0.3 is 9.80 Å². The second-order valence-corrected chi connectivity index (χ2v) is 8.87. The fourth-order valence-corrected chi connectivity index (χ4v) is 4.42. The van der Waals surface area contributed by atoms with E-state index < -0.39 is 0 Å². The molecule has 3 aromatic rings. The van der Waals surface area contributed by atoms with Gasteiger partial charge in [0.15, 0.2) is 0 Å². The van der Waals surface area contributed by atoms with E-state index in [0.29, 0.717) is 29.4 Å². The average Bonchev–Trinajstić information content (AvgIpc) is 2.91. The van der Waals surface area contributed by atoms with E-state index in [4.69, 9.17) is 11.6 Å². The first-order valence-corrected chi connectivity index (χ1v) is 12.5. The van der Waals surface area contributed by atoms with Gasteiger partial charge in [0.1, 0.15) is 6.33 Å². The van der Waals surface area contributed by atoms with E-state index in [-0.39, 0.29) is 5.91 Å². The van der Waals surface area contributed by atoms with Crippen molar-refractivity contribution in [2.24, 2.45) is 0 Å². The molecule has 1 amide bonds. The van der Waals surface area contributed by atoms with Gasteiger partial charge in [-0.05, 0) is 43.7 Å². The van der Waals surface area contributed by atoms with Crippen LogP contribution >= 0.6 is 11.6 Å². The van der Waals surface area contributed by atoms with Crippen LogP contribution in [0.3, 0.4) is 0 Å². The van der Waals surface area contributed by atoms with E-state index in [1.807, 2.05) is 36.1 Å². The van der Waals surface area contributed by atoms with E-state index in [1.54, 1.807) is 18.6 Å². The summed E-state index contributed by atoms with van der Waals surface area (Å²) in [5.74, 6) is 6.44. The maximum absolute atomic E-state index is 13.1. The highest BCUT2D eigenvalue weighted by Crippen LogP contribution is 2.28. The van der Waals surface area contributed by atoms with Crippen molar-refractivity contribution in [1.82, 2.24) is 24.8 Å². The van der Waals surface area contributed by atoms with Crippen LogP contribution in [0.25, 0.3) is 11.3 Å². The summed E-state index contributed by atoms with van der Waals surface area (Å²) in [6, 6.07) is 9.47. The molecule has 7 heteroatoms. The molecule has 0 spiro atoms. The van der Waals surface area contributed by atoms with Gasteiger partial charge >= 0.3 is 0 Å². The topological polar surface area (TPSA) is 62.2 Å². The number of benzene rings is 1. The Morgan fingerprint density at radius 3 is 2.40 bits per heavy atom. The highest BCUT2D eigenvalue weighted by atomic mass is 35.5. The smallest absolute Gasteiger partial charge is 0.255 e. The Morgan fingerprint density at radius 1 is 0.971 bits per heavy atom. The fraction of sp³-hybridized carbons (Fsp3) is 0.357. The third-order valence-corrected chi connectivity index (χ3v) is 6.67. The number of halogens is 1. The van der Waals surface area contributed by atoms with Gasteiger partial charge in [0.25, 0.3) is 5.91 Å². The van der Waals surface area contributed by atoms with Crippen LogP contribution in [0.4, 0.5) is 0 Å². The highest BCUT2D eigenvalue weighted by molar-refractivity contribution is 6.34. The zero-order valence-electron chi connectivity index (χ0n) is 20.5. The van der Waals surface area contributed by atoms with Crippen molar-refractivity contribution in [2.45, 2.75) is 33.6 Å². The van der Waals surface area contributed by atoms with Gasteiger partial charge in [-0.15, -0.1) is 0 Å². The molecular weight excluding hydrogens is 458 g/mol. The number of aryl methyl sites for hydroxylation is 2. The minimum Gasteiger partial charge on any atom is -0.336 e. The van der Waals surface area contributed by atoms with Gasteiger partial charge in [0.05, 0.1) is 27.5 Å². The van der Waals surface area contributed by atoms with Crippen LogP contribution in [-0.2, 0) is 12.8 Å². The zero-order chi connectivity index (χ0) is 24.8. The number of amides is 1. The third-order valence-electron chi connectivity index (χ3n) is 6.36. The molecule has 0 radical (unpaired) electrons. The van der Waals surface area contributed by atoms with Crippen molar-refractivity contribution >= 4 is 17.5 Å². The Hall–Kier alpha value is -3.27. The van der Waals surface area contributed by atoms with Gasteiger partial charge in [0, 0.05) is 49.2 Å². The Morgan fingerprint density at radius 2 is 1.77 bits per heavy atom. The summed E-state index contributed by atoms with van der Waals surface area (Å²) in [5.41, 5.74) is 5.53. The standard InChI is InChI=1S/C28H30ClN5O/c1-4-22-10-7-20(18-30-22)8-11-24-26(5-2)31-19-32-27(24)21-9-12-23(25(29)17-21)28(35)34-15-13-33(6-3)14-16-34/h7,9-10,12,17-19H,4-6,13-16H2,1-3H3. The van der Waals surface area contributed by atoms with Gasteiger partial charge in [0.2, 0.25) is 0 Å². The first-order valence-electron chi connectivity index (χ1n) is 12.2. The number of rotatable bonds is 5. The SMILES string of the molecule is CCc1ccc(C#Cc2c(CC)ncnc2-c2ccc(C(=O)N3CCN(CC)CC3)c(Cl)c2)cn1. The molecule has 3 heterocycles. The molecule has 0 aliphatic carbocycles. The molecule has 1 saturated heterocycles. The predicted molar refractivity (Wildman–Crippen MR) is 139 cm³/mol. The molecule has 2 aromatic heterocycles. The van der Waals surface area contributed by atoms with Gasteiger partial charge in [-0.1, -0.05) is 50.3 Å². The summed E-state index contributed by atoms with van der Waals surface area (Å²) < 4.78 is 0. The third kappa shape index (κ3) is 5.70. The largest absolute Gasteiger partial charge is 0.336 e. The molecule has 0 atom stereocenters. The lowest BCUT2D eigenvalue weighted by Gasteiger charge is -2.34. The lowest BCUT2D eigenvalue weighted by Crippen LogP contribution is -2.48. The number of carbonyl (C=O) groups is 1. The van der Waals surface area contributed by atoms with Crippen LogP contribution in [0.5, 0.6) is 0 Å². The number of likely N-dealkylation sites (N-methyl/N-ethyl adjacent to an activating group) is 1. The van der Waals surface area contributed by atoms with E-state index in [2.05, 4.69) is 45.5 Å². The zero-order valence-corrected chi connectivity index (χ0v) is 21.3. The van der Waals surface area contributed by atoms with Crippen molar-refractivity contribution in [3.63, 3.8) is 0 Å². The number of nitrogens with zero attached hydrogens (tertiary/aromatic N) is 5. The number of hydrogen-bond donors (Lipinski definition) is 0. The minimum atomic E-state index is -0.0303. The normalized spacial score (nSPS) is 13.9.